The molecular weight excluding hydrogens is 310 g/mol. The Morgan fingerprint density at radius 2 is 1.88 bits per heavy atom. The van der Waals surface area contributed by atoms with E-state index in [0.717, 1.165) is 5.56 Å². The lowest BCUT2D eigenvalue weighted by Gasteiger charge is -2.12. The van der Waals surface area contributed by atoms with Crippen molar-refractivity contribution in [3.05, 3.63) is 51.9 Å². The van der Waals surface area contributed by atoms with Gasteiger partial charge in [0.1, 0.15) is 5.69 Å². The zero-order valence-corrected chi connectivity index (χ0v) is 13.8. The van der Waals surface area contributed by atoms with Crippen LogP contribution in [0.1, 0.15) is 29.9 Å². The van der Waals surface area contributed by atoms with Crippen molar-refractivity contribution >= 4 is 5.91 Å². The fourth-order valence-corrected chi connectivity index (χ4v) is 2.13. The number of rotatable bonds is 8. The van der Waals surface area contributed by atoms with Gasteiger partial charge in [0, 0.05) is 12.6 Å². The Morgan fingerprint density at radius 3 is 2.54 bits per heavy atom. The number of nitrogens with zero attached hydrogens (tertiary/aromatic N) is 1. The number of H-pyrrole nitrogens is 1. The van der Waals surface area contributed by atoms with Gasteiger partial charge in [0.25, 0.3) is 11.5 Å². The average Bonchev–Trinajstić information content (AvgIpc) is 2.58. The molecule has 128 valence electrons. The lowest BCUT2D eigenvalue weighted by Crippen LogP contribution is -2.27. The highest BCUT2D eigenvalue weighted by atomic mass is 16.5. The third kappa shape index (κ3) is 4.84. The first-order chi connectivity index (χ1) is 11.6. The second-order valence-electron chi connectivity index (χ2n) is 4.96. The third-order valence-electron chi connectivity index (χ3n) is 3.22. The third-order valence-corrected chi connectivity index (χ3v) is 3.22. The van der Waals surface area contributed by atoms with Gasteiger partial charge in [-0.2, -0.15) is 5.10 Å². The van der Waals surface area contributed by atoms with E-state index in [1.54, 1.807) is 0 Å². The molecule has 0 fully saturated rings. The number of hydrogen-bond acceptors (Lipinski definition) is 5. The van der Waals surface area contributed by atoms with E-state index in [-0.39, 0.29) is 17.2 Å². The quantitative estimate of drug-likeness (QED) is 0.765. The second kappa shape index (κ2) is 8.71. The maximum Gasteiger partial charge on any atom is 0.271 e. The number of carbonyl (C=O) groups is 1. The van der Waals surface area contributed by atoms with E-state index in [4.69, 9.17) is 9.47 Å². The SMILES string of the molecule is CCOc1ccc(CCNC(=O)c2ccc(=O)[nH]n2)cc1OCC. The molecule has 1 aromatic carbocycles. The van der Waals surface area contributed by atoms with Gasteiger partial charge in [0.2, 0.25) is 0 Å². The standard InChI is InChI=1S/C17H21N3O4/c1-3-23-14-7-5-12(11-15(14)24-4-2)9-10-18-17(22)13-6-8-16(21)20-19-13/h5-8,11H,3-4,9-10H2,1-2H3,(H,18,22)(H,20,21). The number of nitrogens with one attached hydrogen (secondary N) is 2. The number of carbonyl (C=O) groups excluding carboxylic acids is 1. The molecule has 0 radical (unpaired) electrons. The van der Waals surface area contributed by atoms with E-state index in [0.29, 0.717) is 37.7 Å². The summed E-state index contributed by atoms with van der Waals surface area (Å²) in [5.74, 6) is 1.08. The normalized spacial score (nSPS) is 10.2. The molecule has 0 atom stereocenters. The molecule has 2 aromatic rings. The molecule has 1 aromatic heterocycles. The van der Waals surface area contributed by atoms with Crippen molar-refractivity contribution < 1.29 is 14.3 Å². The Bertz CT molecular complexity index is 722. The van der Waals surface area contributed by atoms with Crippen molar-refractivity contribution in [1.82, 2.24) is 15.5 Å². The molecule has 7 heteroatoms. The van der Waals surface area contributed by atoms with E-state index in [1.165, 1.54) is 12.1 Å². The first kappa shape index (κ1) is 17.5. The van der Waals surface area contributed by atoms with Crippen LogP contribution in [0.15, 0.2) is 35.1 Å². The Balaban J connectivity index is 1.93. The van der Waals surface area contributed by atoms with Crippen LogP contribution < -0.4 is 20.3 Å². The summed E-state index contributed by atoms with van der Waals surface area (Å²) in [5.41, 5.74) is 0.859. The first-order valence-electron chi connectivity index (χ1n) is 7.86. The Hall–Kier alpha value is -2.83. The highest BCUT2D eigenvalue weighted by Crippen LogP contribution is 2.28. The smallest absolute Gasteiger partial charge is 0.271 e. The number of aromatic nitrogens is 2. The van der Waals surface area contributed by atoms with Crippen LogP contribution in [0, 0.1) is 0 Å². The molecule has 0 aliphatic heterocycles. The molecule has 0 aliphatic carbocycles. The molecule has 24 heavy (non-hydrogen) atoms. The van der Waals surface area contributed by atoms with E-state index < -0.39 is 0 Å². The predicted molar refractivity (Wildman–Crippen MR) is 89.7 cm³/mol. The summed E-state index contributed by atoms with van der Waals surface area (Å²) < 4.78 is 11.1. The summed E-state index contributed by atoms with van der Waals surface area (Å²) in [6, 6.07) is 8.38. The van der Waals surface area contributed by atoms with Crippen LogP contribution in [0.5, 0.6) is 11.5 Å². The predicted octanol–water partition coefficient (Wildman–Crippen LogP) is 1.54. The van der Waals surface area contributed by atoms with E-state index in [2.05, 4.69) is 15.5 Å². The first-order valence-corrected chi connectivity index (χ1v) is 7.86. The van der Waals surface area contributed by atoms with Crippen LogP contribution in [-0.4, -0.2) is 35.9 Å². The summed E-state index contributed by atoms with van der Waals surface area (Å²) >= 11 is 0. The lowest BCUT2D eigenvalue weighted by atomic mass is 10.1. The fourth-order valence-electron chi connectivity index (χ4n) is 2.13. The molecule has 0 saturated carbocycles. The molecule has 1 heterocycles. The largest absolute Gasteiger partial charge is 0.490 e. The summed E-state index contributed by atoms with van der Waals surface area (Å²) in [7, 11) is 0. The van der Waals surface area contributed by atoms with Gasteiger partial charge in [-0.25, -0.2) is 5.10 Å². The van der Waals surface area contributed by atoms with Crippen molar-refractivity contribution in [2.75, 3.05) is 19.8 Å². The summed E-state index contributed by atoms with van der Waals surface area (Å²) in [4.78, 5) is 22.8. The molecule has 0 spiro atoms. The van der Waals surface area contributed by atoms with Gasteiger partial charge in [-0.15, -0.1) is 0 Å². The maximum absolute atomic E-state index is 11.9. The molecule has 7 nitrogen and oxygen atoms in total. The van der Waals surface area contributed by atoms with Gasteiger partial charge in [-0.1, -0.05) is 6.07 Å². The van der Waals surface area contributed by atoms with Crippen LogP contribution in [0.3, 0.4) is 0 Å². The number of ether oxygens (including phenoxy) is 2. The zero-order valence-electron chi connectivity index (χ0n) is 13.8. The minimum atomic E-state index is -0.343. The molecule has 0 aliphatic rings. The molecule has 0 saturated heterocycles. The fraction of sp³-hybridized carbons (Fsp3) is 0.353. The van der Waals surface area contributed by atoms with Crippen LogP contribution in [0.2, 0.25) is 0 Å². The van der Waals surface area contributed by atoms with E-state index in [1.807, 2.05) is 32.0 Å². The van der Waals surface area contributed by atoms with Crippen molar-refractivity contribution in [2.45, 2.75) is 20.3 Å². The number of hydrogen-bond donors (Lipinski definition) is 2. The molecule has 2 rings (SSSR count). The van der Waals surface area contributed by atoms with Crippen LogP contribution in [-0.2, 0) is 6.42 Å². The van der Waals surface area contributed by atoms with Crippen LogP contribution in [0.25, 0.3) is 0 Å². The summed E-state index contributed by atoms with van der Waals surface area (Å²) in [5, 5.41) is 8.68. The van der Waals surface area contributed by atoms with Gasteiger partial charge in [-0.05, 0) is 44.0 Å². The summed E-state index contributed by atoms with van der Waals surface area (Å²) in [6.07, 6.45) is 0.640. The molecule has 0 unspecified atom stereocenters. The minimum absolute atomic E-state index is 0.177. The molecule has 0 bridgehead atoms. The second-order valence-corrected chi connectivity index (χ2v) is 4.96. The monoisotopic (exact) mass is 331 g/mol. The van der Waals surface area contributed by atoms with E-state index in [9.17, 15) is 9.59 Å². The number of aromatic amines is 1. The van der Waals surface area contributed by atoms with Crippen LogP contribution in [0.4, 0.5) is 0 Å². The van der Waals surface area contributed by atoms with Gasteiger partial charge < -0.3 is 14.8 Å². The van der Waals surface area contributed by atoms with Crippen molar-refractivity contribution in [3.8, 4) is 11.5 Å². The minimum Gasteiger partial charge on any atom is -0.490 e. The lowest BCUT2D eigenvalue weighted by molar-refractivity contribution is 0.0948. The molecular formula is C17H21N3O4. The van der Waals surface area contributed by atoms with Crippen molar-refractivity contribution in [2.24, 2.45) is 0 Å². The Labute approximate surface area is 140 Å². The summed E-state index contributed by atoms with van der Waals surface area (Å²) in [6.45, 7) is 5.41. The molecule has 1 amide bonds. The topological polar surface area (TPSA) is 93.3 Å². The van der Waals surface area contributed by atoms with Gasteiger partial charge in [-0.3, -0.25) is 9.59 Å². The van der Waals surface area contributed by atoms with Crippen molar-refractivity contribution in [1.29, 1.82) is 0 Å². The van der Waals surface area contributed by atoms with Crippen LogP contribution >= 0.6 is 0 Å². The number of benzene rings is 1. The zero-order chi connectivity index (χ0) is 17.4. The maximum atomic E-state index is 11.9. The Morgan fingerprint density at radius 1 is 1.12 bits per heavy atom. The Kier molecular flexibility index (Phi) is 6.36. The van der Waals surface area contributed by atoms with Crippen molar-refractivity contribution in [3.63, 3.8) is 0 Å². The van der Waals surface area contributed by atoms with Gasteiger partial charge in [0.15, 0.2) is 11.5 Å². The molecule has 2 N–H and O–H groups in total. The number of amides is 1. The van der Waals surface area contributed by atoms with E-state index >= 15 is 0 Å². The average molecular weight is 331 g/mol. The highest BCUT2D eigenvalue weighted by Gasteiger charge is 2.08. The van der Waals surface area contributed by atoms with Gasteiger partial charge >= 0.3 is 0 Å². The van der Waals surface area contributed by atoms with Gasteiger partial charge in [0.05, 0.1) is 13.2 Å². The highest BCUT2D eigenvalue weighted by molar-refractivity contribution is 5.91.